The van der Waals surface area contributed by atoms with Crippen LogP contribution in [0.3, 0.4) is 0 Å². The van der Waals surface area contributed by atoms with Crippen LogP contribution in [0.2, 0.25) is 0 Å². The van der Waals surface area contributed by atoms with Gasteiger partial charge in [0, 0.05) is 9.61 Å². The molecule has 1 aliphatic rings. The molecule has 1 saturated carbocycles. The van der Waals surface area contributed by atoms with Crippen molar-refractivity contribution >= 4 is 38.5 Å². The number of carbonyl (C=O) groups is 1. The van der Waals surface area contributed by atoms with Crippen molar-refractivity contribution in [1.29, 1.82) is 0 Å². The molecule has 1 aliphatic carbocycles. The minimum atomic E-state index is -3.79. The van der Waals surface area contributed by atoms with Crippen molar-refractivity contribution in [1.82, 2.24) is 10.0 Å². The number of rotatable bonds is 7. The van der Waals surface area contributed by atoms with E-state index in [4.69, 9.17) is 0 Å². The number of halogens is 1. The van der Waals surface area contributed by atoms with Crippen LogP contribution >= 0.6 is 22.6 Å². The normalized spacial score (nSPS) is 16.2. The van der Waals surface area contributed by atoms with Crippen molar-refractivity contribution in [3.8, 4) is 0 Å². The molecule has 1 amide bonds. The van der Waals surface area contributed by atoms with Gasteiger partial charge in [-0.15, -0.1) is 0 Å². The van der Waals surface area contributed by atoms with E-state index in [2.05, 4.69) is 32.6 Å². The van der Waals surface area contributed by atoms with E-state index >= 15 is 0 Å². The van der Waals surface area contributed by atoms with Crippen LogP contribution in [0.5, 0.6) is 0 Å². The van der Waals surface area contributed by atoms with Gasteiger partial charge in [-0.1, -0.05) is 43.2 Å². The van der Waals surface area contributed by atoms with Crippen molar-refractivity contribution in [2.75, 3.05) is 0 Å². The van der Waals surface area contributed by atoms with Crippen LogP contribution in [0.25, 0.3) is 0 Å². The van der Waals surface area contributed by atoms with Gasteiger partial charge in [-0.25, -0.2) is 8.42 Å². The van der Waals surface area contributed by atoms with Gasteiger partial charge in [0.1, 0.15) is 6.04 Å². The van der Waals surface area contributed by atoms with Crippen LogP contribution in [0, 0.1) is 3.57 Å². The summed E-state index contributed by atoms with van der Waals surface area (Å²) in [6.07, 6.45) is 4.41. The molecule has 2 N–H and O–H groups in total. The van der Waals surface area contributed by atoms with Crippen molar-refractivity contribution in [3.05, 3.63) is 63.7 Å². The summed E-state index contributed by atoms with van der Waals surface area (Å²) in [6.45, 7) is 0. The maximum atomic E-state index is 12.8. The zero-order valence-electron chi connectivity index (χ0n) is 14.9. The van der Waals surface area contributed by atoms with E-state index in [-0.39, 0.29) is 16.8 Å². The molecule has 0 saturated heterocycles. The molecule has 0 spiro atoms. The van der Waals surface area contributed by atoms with E-state index < -0.39 is 16.1 Å². The lowest BCUT2D eigenvalue weighted by Crippen LogP contribution is -2.50. The molecule has 0 aliphatic heterocycles. The summed E-state index contributed by atoms with van der Waals surface area (Å²) in [6, 6.07) is 15.3. The molecule has 0 unspecified atom stereocenters. The summed E-state index contributed by atoms with van der Waals surface area (Å²) in [5, 5.41) is 3.02. The van der Waals surface area contributed by atoms with E-state index in [0.717, 1.165) is 34.8 Å². The van der Waals surface area contributed by atoms with Crippen molar-refractivity contribution in [3.63, 3.8) is 0 Å². The van der Waals surface area contributed by atoms with E-state index in [0.29, 0.717) is 6.42 Å². The third-order valence-electron chi connectivity index (χ3n) is 4.72. The average Bonchev–Trinajstić information content (AvgIpc) is 3.15. The minimum absolute atomic E-state index is 0.138. The van der Waals surface area contributed by atoms with Gasteiger partial charge in [0.15, 0.2) is 0 Å². The molecule has 1 atom stereocenters. The molecule has 3 rings (SSSR count). The Bertz CT molecular complexity index is 864. The fourth-order valence-corrected chi connectivity index (χ4v) is 4.83. The van der Waals surface area contributed by atoms with Gasteiger partial charge < -0.3 is 5.32 Å². The quantitative estimate of drug-likeness (QED) is 0.576. The number of hydrogen-bond donors (Lipinski definition) is 2. The van der Waals surface area contributed by atoms with Crippen molar-refractivity contribution in [2.45, 2.75) is 49.1 Å². The predicted octanol–water partition coefficient (Wildman–Crippen LogP) is 3.24. The summed E-state index contributed by atoms with van der Waals surface area (Å²) in [5.41, 5.74) is 0.911. The Morgan fingerprint density at radius 1 is 1.04 bits per heavy atom. The Morgan fingerprint density at radius 2 is 1.67 bits per heavy atom. The molecular formula is C20H23IN2O3S. The summed E-state index contributed by atoms with van der Waals surface area (Å²) in [7, 11) is -3.79. The molecule has 27 heavy (non-hydrogen) atoms. The highest BCUT2D eigenvalue weighted by molar-refractivity contribution is 14.1. The standard InChI is InChI=1S/C20H23IN2O3S/c21-16-10-12-18(13-11-16)27(25,26)23-19(14-15-6-2-1-3-7-15)20(24)22-17-8-4-5-9-17/h1-3,6-7,10-13,17,19,23H,4-5,8-9,14H2,(H,22,24)/t19-/m1/s1. The summed E-state index contributed by atoms with van der Waals surface area (Å²) >= 11 is 2.12. The molecule has 0 radical (unpaired) electrons. The monoisotopic (exact) mass is 498 g/mol. The number of hydrogen-bond acceptors (Lipinski definition) is 3. The minimum Gasteiger partial charge on any atom is -0.352 e. The van der Waals surface area contributed by atoms with Crippen LogP contribution in [0.4, 0.5) is 0 Å². The first kappa shape index (κ1) is 20.3. The highest BCUT2D eigenvalue weighted by Crippen LogP contribution is 2.18. The van der Waals surface area contributed by atoms with Gasteiger partial charge in [0.25, 0.3) is 0 Å². The maximum absolute atomic E-state index is 12.8. The molecule has 0 aromatic heterocycles. The molecule has 7 heteroatoms. The lowest BCUT2D eigenvalue weighted by atomic mass is 10.1. The van der Waals surface area contributed by atoms with E-state index in [1.165, 1.54) is 0 Å². The lowest BCUT2D eigenvalue weighted by molar-refractivity contribution is -0.123. The first-order valence-electron chi connectivity index (χ1n) is 9.06. The number of benzene rings is 2. The van der Waals surface area contributed by atoms with Gasteiger partial charge >= 0.3 is 0 Å². The van der Waals surface area contributed by atoms with Gasteiger partial charge in [-0.2, -0.15) is 4.72 Å². The second kappa shape index (κ2) is 9.16. The lowest BCUT2D eigenvalue weighted by Gasteiger charge is -2.21. The fraction of sp³-hybridized carbons (Fsp3) is 0.350. The fourth-order valence-electron chi connectivity index (χ4n) is 3.28. The Hall–Kier alpha value is -1.45. The van der Waals surface area contributed by atoms with Crippen LogP contribution in [-0.4, -0.2) is 26.4 Å². The smallest absolute Gasteiger partial charge is 0.241 e. The summed E-state index contributed by atoms with van der Waals surface area (Å²) in [5.74, 6) is -0.264. The molecular weight excluding hydrogens is 475 g/mol. The SMILES string of the molecule is O=C(NC1CCCC1)[C@@H](Cc1ccccc1)NS(=O)(=O)c1ccc(I)cc1. The van der Waals surface area contributed by atoms with Crippen molar-refractivity contribution < 1.29 is 13.2 Å². The van der Waals surface area contributed by atoms with Crippen LogP contribution in [0.1, 0.15) is 31.2 Å². The average molecular weight is 498 g/mol. The third kappa shape index (κ3) is 5.76. The van der Waals surface area contributed by atoms with E-state index in [1.807, 2.05) is 30.3 Å². The molecule has 144 valence electrons. The van der Waals surface area contributed by atoms with Crippen LogP contribution < -0.4 is 10.0 Å². The number of amides is 1. The molecule has 0 bridgehead atoms. The van der Waals surface area contributed by atoms with E-state index in [9.17, 15) is 13.2 Å². The Kier molecular flexibility index (Phi) is 6.88. The van der Waals surface area contributed by atoms with Crippen LogP contribution in [0.15, 0.2) is 59.5 Å². The molecule has 0 heterocycles. The van der Waals surface area contributed by atoms with Gasteiger partial charge in [-0.05, 0) is 71.7 Å². The Balaban J connectivity index is 1.79. The first-order chi connectivity index (χ1) is 12.9. The highest BCUT2D eigenvalue weighted by Gasteiger charge is 2.28. The number of carbonyl (C=O) groups excluding carboxylic acids is 1. The Labute approximate surface area is 174 Å². The van der Waals surface area contributed by atoms with Gasteiger partial charge in [0.05, 0.1) is 4.90 Å². The largest absolute Gasteiger partial charge is 0.352 e. The zero-order chi connectivity index (χ0) is 19.3. The predicted molar refractivity (Wildman–Crippen MR) is 114 cm³/mol. The molecule has 5 nitrogen and oxygen atoms in total. The molecule has 2 aromatic rings. The van der Waals surface area contributed by atoms with Crippen LogP contribution in [-0.2, 0) is 21.2 Å². The summed E-state index contributed by atoms with van der Waals surface area (Å²) in [4.78, 5) is 13.0. The summed E-state index contributed by atoms with van der Waals surface area (Å²) < 4.78 is 29.1. The number of sulfonamides is 1. The zero-order valence-corrected chi connectivity index (χ0v) is 17.9. The second-order valence-electron chi connectivity index (χ2n) is 6.81. The van der Waals surface area contributed by atoms with E-state index in [1.54, 1.807) is 24.3 Å². The van der Waals surface area contributed by atoms with Gasteiger partial charge in [-0.3, -0.25) is 4.79 Å². The second-order valence-corrected chi connectivity index (χ2v) is 9.77. The third-order valence-corrected chi connectivity index (χ3v) is 6.93. The van der Waals surface area contributed by atoms with Crippen molar-refractivity contribution in [2.24, 2.45) is 0 Å². The molecule has 1 fully saturated rings. The highest BCUT2D eigenvalue weighted by atomic mass is 127. The number of nitrogens with one attached hydrogen (secondary N) is 2. The molecule has 2 aromatic carbocycles. The maximum Gasteiger partial charge on any atom is 0.241 e. The van der Waals surface area contributed by atoms with Gasteiger partial charge in [0.2, 0.25) is 15.9 Å². The Morgan fingerprint density at radius 3 is 2.30 bits per heavy atom. The topological polar surface area (TPSA) is 75.3 Å². The first-order valence-corrected chi connectivity index (χ1v) is 11.6.